The maximum Gasteiger partial charge on any atom is 0.374 e. The third-order valence-corrected chi connectivity index (χ3v) is 3.56. The Kier molecular flexibility index (Phi) is 5.28. The van der Waals surface area contributed by atoms with Crippen molar-refractivity contribution in [2.24, 2.45) is 0 Å². The first-order valence-corrected chi connectivity index (χ1v) is 7.78. The van der Waals surface area contributed by atoms with Gasteiger partial charge in [0.1, 0.15) is 19.0 Å². The normalized spacial score (nSPS) is 10.3. The number of hydrogen-bond donors (Lipinski definition) is 0. The number of para-hydroxylation sites is 1. The molecular formula is C19H15NO6. The summed E-state index contributed by atoms with van der Waals surface area (Å²) in [6.07, 6.45) is 1.38. The van der Waals surface area contributed by atoms with E-state index in [4.69, 9.17) is 13.9 Å². The molecule has 0 unspecified atom stereocenters. The van der Waals surface area contributed by atoms with E-state index in [-0.39, 0.29) is 24.7 Å². The summed E-state index contributed by atoms with van der Waals surface area (Å²) in [4.78, 5) is 22.5. The summed E-state index contributed by atoms with van der Waals surface area (Å²) >= 11 is 0. The van der Waals surface area contributed by atoms with E-state index in [1.165, 1.54) is 24.5 Å². The molecule has 132 valence electrons. The number of non-ortho nitro benzene ring substituents is 1. The van der Waals surface area contributed by atoms with Crippen molar-refractivity contribution in [3.63, 3.8) is 0 Å². The van der Waals surface area contributed by atoms with Gasteiger partial charge in [-0.1, -0.05) is 30.3 Å². The van der Waals surface area contributed by atoms with Crippen LogP contribution in [0.5, 0.6) is 5.75 Å². The zero-order chi connectivity index (χ0) is 18.4. The minimum absolute atomic E-state index is 0.0476. The number of rotatable bonds is 7. The van der Waals surface area contributed by atoms with Gasteiger partial charge in [0.15, 0.2) is 0 Å². The van der Waals surface area contributed by atoms with Crippen LogP contribution >= 0.6 is 0 Å². The molecule has 3 rings (SSSR count). The van der Waals surface area contributed by atoms with Crippen LogP contribution in [0, 0.1) is 10.1 Å². The van der Waals surface area contributed by atoms with Crippen molar-refractivity contribution in [1.29, 1.82) is 0 Å². The van der Waals surface area contributed by atoms with Crippen molar-refractivity contribution in [2.45, 2.75) is 13.2 Å². The molecule has 1 aromatic heterocycles. The number of nitro groups is 1. The quantitative estimate of drug-likeness (QED) is 0.360. The lowest BCUT2D eigenvalue weighted by Crippen LogP contribution is -2.08. The third-order valence-electron chi connectivity index (χ3n) is 3.56. The Bertz CT molecular complexity index is 903. The number of nitro benzene ring substituents is 1. The molecule has 3 aromatic rings. The molecule has 1 heterocycles. The van der Waals surface area contributed by atoms with Crippen molar-refractivity contribution in [3.05, 3.63) is 93.9 Å². The molecule has 0 spiro atoms. The first kappa shape index (κ1) is 17.2. The van der Waals surface area contributed by atoms with Crippen LogP contribution in [-0.4, -0.2) is 10.9 Å². The Morgan fingerprint density at radius 1 is 1.04 bits per heavy atom. The van der Waals surface area contributed by atoms with Gasteiger partial charge in [-0.25, -0.2) is 4.79 Å². The molecule has 2 aromatic carbocycles. The average Bonchev–Trinajstić information content (AvgIpc) is 3.14. The van der Waals surface area contributed by atoms with Gasteiger partial charge in [-0.3, -0.25) is 10.1 Å². The lowest BCUT2D eigenvalue weighted by molar-refractivity contribution is -0.384. The minimum Gasteiger partial charge on any atom is -0.489 e. The Morgan fingerprint density at radius 3 is 2.62 bits per heavy atom. The molecule has 0 atom stereocenters. The summed E-state index contributed by atoms with van der Waals surface area (Å²) in [7, 11) is 0. The number of hydrogen-bond acceptors (Lipinski definition) is 6. The standard InChI is InChI=1S/C19H15NO6/c21-19(26-12-14-5-4-6-16(11-14)20(22)23)18-15(9-10-24-18)13-25-17-7-2-1-3-8-17/h1-11H,12-13H2. The fraction of sp³-hybridized carbons (Fsp3) is 0.105. The number of furan rings is 1. The van der Waals surface area contributed by atoms with Crippen LogP contribution in [-0.2, 0) is 18.0 Å². The van der Waals surface area contributed by atoms with E-state index < -0.39 is 10.9 Å². The van der Waals surface area contributed by atoms with E-state index >= 15 is 0 Å². The summed E-state index contributed by atoms with van der Waals surface area (Å²) in [5.41, 5.74) is 1.01. The molecule has 0 radical (unpaired) electrons. The summed E-state index contributed by atoms with van der Waals surface area (Å²) < 4.78 is 16.0. The highest BCUT2D eigenvalue weighted by molar-refractivity contribution is 5.87. The Balaban J connectivity index is 1.61. The zero-order valence-corrected chi connectivity index (χ0v) is 13.7. The zero-order valence-electron chi connectivity index (χ0n) is 13.7. The molecule has 7 heteroatoms. The number of nitrogens with zero attached hydrogens (tertiary/aromatic N) is 1. The van der Waals surface area contributed by atoms with E-state index in [0.29, 0.717) is 16.9 Å². The molecule has 0 amide bonds. The molecule has 0 aliphatic rings. The average molecular weight is 353 g/mol. The van der Waals surface area contributed by atoms with Crippen LogP contribution in [0.25, 0.3) is 0 Å². The molecule has 0 saturated carbocycles. The van der Waals surface area contributed by atoms with Gasteiger partial charge >= 0.3 is 5.97 Å². The smallest absolute Gasteiger partial charge is 0.374 e. The first-order valence-electron chi connectivity index (χ1n) is 7.78. The number of benzene rings is 2. The lowest BCUT2D eigenvalue weighted by Gasteiger charge is -2.07. The minimum atomic E-state index is -0.659. The van der Waals surface area contributed by atoms with E-state index in [1.54, 1.807) is 24.3 Å². The molecule has 0 N–H and O–H groups in total. The van der Waals surface area contributed by atoms with Gasteiger partial charge < -0.3 is 13.9 Å². The third kappa shape index (κ3) is 4.27. The van der Waals surface area contributed by atoms with Gasteiger partial charge in [0, 0.05) is 17.7 Å². The van der Waals surface area contributed by atoms with Gasteiger partial charge in [-0.05, 0) is 23.8 Å². The van der Waals surface area contributed by atoms with Gasteiger partial charge in [0.2, 0.25) is 5.76 Å². The Labute approximate surface area is 148 Å². The number of ether oxygens (including phenoxy) is 2. The van der Waals surface area contributed by atoms with Crippen LogP contribution in [0.4, 0.5) is 5.69 Å². The first-order chi connectivity index (χ1) is 12.6. The van der Waals surface area contributed by atoms with E-state index in [2.05, 4.69) is 0 Å². The van der Waals surface area contributed by atoms with Crippen LogP contribution < -0.4 is 4.74 Å². The van der Waals surface area contributed by atoms with Crippen LogP contribution in [0.1, 0.15) is 21.7 Å². The highest BCUT2D eigenvalue weighted by Crippen LogP contribution is 2.18. The maximum absolute atomic E-state index is 12.2. The molecule has 26 heavy (non-hydrogen) atoms. The van der Waals surface area contributed by atoms with Gasteiger partial charge in [-0.15, -0.1) is 0 Å². The Morgan fingerprint density at radius 2 is 1.85 bits per heavy atom. The predicted molar refractivity (Wildman–Crippen MR) is 91.7 cm³/mol. The second-order valence-corrected chi connectivity index (χ2v) is 5.38. The Hall–Kier alpha value is -3.61. The van der Waals surface area contributed by atoms with Gasteiger partial charge in [0.25, 0.3) is 5.69 Å². The van der Waals surface area contributed by atoms with Crippen LogP contribution in [0.3, 0.4) is 0 Å². The highest BCUT2D eigenvalue weighted by Gasteiger charge is 2.18. The number of esters is 1. The van der Waals surface area contributed by atoms with Crippen molar-refractivity contribution in [2.75, 3.05) is 0 Å². The summed E-state index contributed by atoms with van der Waals surface area (Å²) in [6.45, 7) is 0.0575. The van der Waals surface area contributed by atoms with E-state index in [9.17, 15) is 14.9 Å². The fourth-order valence-corrected chi connectivity index (χ4v) is 2.28. The monoisotopic (exact) mass is 353 g/mol. The summed E-state index contributed by atoms with van der Waals surface area (Å²) in [5, 5.41) is 10.8. The molecule has 0 saturated heterocycles. The molecular weight excluding hydrogens is 338 g/mol. The molecule has 0 aliphatic heterocycles. The van der Waals surface area contributed by atoms with Crippen molar-refractivity contribution in [1.82, 2.24) is 0 Å². The molecule has 0 aliphatic carbocycles. The van der Waals surface area contributed by atoms with Crippen LogP contribution in [0.15, 0.2) is 71.3 Å². The van der Waals surface area contributed by atoms with Crippen LogP contribution in [0.2, 0.25) is 0 Å². The SMILES string of the molecule is O=C(OCc1cccc([N+](=O)[O-])c1)c1occc1COc1ccccc1. The second kappa shape index (κ2) is 7.98. The van der Waals surface area contributed by atoms with Crippen molar-refractivity contribution >= 4 is 11.7 Å². The van der Waals surface area contributed by atoms with E-state index in [0.717, 1.165) is 0 Å². The number of carbonyl (C=O) groups is 1. The number of carbonyl (C=O) groups excluding carboxylic acids is 1. The van der Waals surface area contributed by atoms with Gasteiger partial charge in [-0.2, -0.15) is 0 Å². The predicted octanol–water partition coefficient (Wildman–Crippen LogP) is 4.12. The summed E-state index contributed by atoms with van der Waals surface area (Å²) in [5.74, 6) is 0.0594. The second-order valence-electron chi connectivity index (χ2n) is 5.38. The van der Waals surface area contributed by atoms with Crippen molar-refractivity contribution in [3.8, 4) is 5.75 Å². The molecule has 7 nitrogen and oxygen atoms in total. The van der Waals surface area contributed by atoms with Gasteiger partial charge in [0.05, 0.1) is 11.2 Å². The largest absolute Gasteiger partial charge is 0.489 e. The molecule has 0 bridgehead atoms. The van der Waals surface area contributed by atoms with Crippen molar-refractivity contribution < 1.29 is 23.6 Å². The summed E-state index contributed by atoms with van der Waals surface area (Å²) in [6, 6.07) is 16.7. The fourth-order valence-electron chi connectivity index (χ4n) is 2.28. The highest BCUT2D eigenvalue weighted by atomic mass is 16.6. The topological polar surface area (TPSA) is 91.8 Å². The van der Waals surface area contributed by atoms with E-state index in [1.807, 2.05) is 18.2 Å². The lowest BCUT2D eigenvalue weighted by atomic mass is 10.2. The maximum atomic E-state index is 12.2. The molecule has 0 fully saturated rings.